The number of amides is 2. The van der Waals surface area contributed by atoms with Crippen molar-refractivity contribution in [3.63, 3.8) is 0 Å². The number of nitrogens with one attached hydrogen (secondary N) is 2. The Hall–Kier alpha value is -2.30. The predicted octanol–water partition coefficient (Wildman–Crippen LogP) is 2.78. The van der Waals surface area contributed by atoms with Crippen LogP contribution >= 0.6 is 0 Å². The third-order valence-corrected chi connectivity index (χ3v) is 2.62. The summed E-state index contributed by atoms with van der Waals surface area (Å²) in [6.45, 7) is 7.16. The number of aromatic carboxylic acids is 1. The highest BCUT2D eigenvalue weighted by molar-refractivity contribution is 5.94. The van der Waals surface area contributed by atoms with Crippen LogP contribution in [0.3, 0.4) is 0 Å². The summed E-state index contributed by atoms with van der Waals surface area (Å²) >= 11 is 0. The normalized spacial score (nSPS) is 11.5. The molecule has 0 aliphatic heterocycles. The number of benzene rings is 1. The SMILES string of the molecule is C=CCC(C)NC(=O)Nc1ccc(C)c(C(=O)O)c1. The van der Waals surface area contributed by atoms with E-state index >= 15 is 0 Å². The van der Waals surface area contributed by atoms with Gasteiger partial charge in [0.1, 0.15) is 0 Å². The molecule has 5 heteroatoms. The first-order valence-corrected chi connectivity index (χ1v) is 5.96. The first-order chi connectivity index (χ1) is 8.93. The van der Waals surface area contributed by atoms with Crippen molar-refractivity contribution in [1.82, 2.24) is 5.32 Å². The lowest BCUT2D eigenvalue weighted by atomic mass is 10.1. The summed E-state index contributed by atoms with van der Waals surface area (Å²) < 4.78 is 0. The van der Waals surface area contributed by atoms with Gasteiger partial charge < -0.3 is 15.7 Å². The minimum absolute atomic E-state index is 0.0260. The zero-order chi connectivity index (χ0) is 14.4. The molecule has 2 amide bonds. The van der Waals surface area contributed by atoms with Gasteiger partial charge in [-0.25, -0.2) is 9.59 Å². The quantitative estimate of drug-likeness (QED) is 0.714. The van der Waals surface area contributed by atoms with Crippen LogP contribution < -0.4 is 10.6 Å². The van der Waals surface area contributed by atoms with Crippen LogP contribution in [0.25, 0.3) is 0 Å². The molecule has 0 aliphatic rings. The first-order valence-electron chi connectivity index (χ1n) is 5.96. The van der Waals surface area contributed by atoms with E-state index in [0.29, 0.717) is 17.7 Å². The number of carboxylic acid groups (broad SMARTS) is 1. The number of urea groups is 1. The fourth-order valence-electron chi connectivity index (χ4n) is 1.63. The molecule has 1 aromatic rings. The van der Waals surface area contributed by atoms with E-state index in [0.717, 1.165) is 0 Å². The van der Waals surface area contributed by atoms with Crippen LogP contribution in [0.2, 0.25) is 0 Å². The van der Waals surface area contributed by atoms with E-state index in [4.69, 9.17) is 5.11 Å². The minimum Gasteiger partial charge on any atom is -0.478 e. The lowest BCUT2D eigenvalue weighted by molar-refractivity contribution is 0.0696. The van der Waals surface area contributed by atoms with Crippen LogP contribution in [0.4, 0.5) is 10.5 Å². The van der Waals surface area contributed by atoms with Gasteiger partial charge >= 0.3 is 12.0 Å². The lowest BCUT2D eigenvalue weighted by Crippen LogP contribution is -2.35. The molecule has 0 fully saturated rings. The molecule has 5 nitrogen and oxygen atoms in total. The first kappa shape index (κ1) is 14.8. The number of carbonyl (C=O) groups is 2. The molecule has 0 heterocycles. The summed E-state index contributed by atoms with van der Waals surface area (Å²) in [5, 5.41) is 14.3. The molecule has 0 spiro atoms. The van der Waals surface area contributed by atoms with Crippen molar-refractivity contribution >= 4 is 17.7 Å². The third-order valence-electron chi connectivity index (χ3n) is 2.62. The standard InChI is InChI=1S/C14H18N2O3/c1-4-5-10(3)15-14(19)16-11-7-6-9(2)12(8-11)13(17)18/h4,6-8,10H,1,5H2,2-3H3,(H,17,18)(H2,15,16,19). The molecule has 0 aromatic heterocycles. The Morgan fingerprint density at radius 3 is 2.74 bits per heavy atom. The van der Waals surface area contributed by atoms with E-state index < -0.39 is 5.97 Å². The van der Waals surface area contributed by atoms with Gasteiger partial charge in [-0.2, -0.15) is 0 Å². The highest BCUT2D eigenvalue weighted by atomic mass is 16.4. The maximum atomic E-state index is 11.7. The fraction of sp³-hybridized carbons (Fsp3) is 0.286. The predicted molar refractivity (Wildman–Crippen MR) is 74.6 cm³/mol. The number of hydrogen-bond acceptors (Lipinski definition) is 2. The van der Waals surface area contributed by atoms with Crippen LogP contribution in [0.5, 0.6) is 0 Å². The minimum atomic E-state index is -1.01. The Kier molecular flexibility index (Phi) is 5.11. The zero-order valence-corrected chi connectivity index (χ0v) is 11.1. The Balaban J connectivity index is 2.72. The molecular formula is C14H18N2O3. The topological polar surface area (TPSA) is 78.4 Å². The summed E-state index contributed by atoms with van der Waals surface area (Å²) in [6.07, 6.45) is 2.39. The highest BCUT2D eigenvalue weighted by Gasteiger charge is 2.10. The lowest BCUT2D eigenvalue weighted by Gasteiger charge is -2.13. The second-order valence-electron chi connectivity index (χ2n) is 4.36. The van der Waals surface area contributed by atoms with Crippen molar-refractivity contribution in [3.05, 3.63) is 42.0 Å². The van der Waals surface area contributed by atoms with Crippen molar-refractivity contribution in [2.24, 2.45) is 0 Å². The molecule has 1 atom stereocenters. The van der Waals surface area contributed by atoms with Crippen LogP contribution in [0, 0.1) is 6.92 Å². The second kappa shape index (κ2) is 6.58. The number of anilines is 1. The molecule has 1 unspecified atom stereocenters. The van der Waals surface area contributed by atoms with E-state index in [1.54, 1.807) is 25.1 Å². The summed E-state index contributed by atoms with van der Waals surface area (Å²) in [5.74, 6) is -1.01. The van der Waals surface area contributed by atoms with Gasteiger partial charge in [0.25, 0.3) is 0 Å². The monoisotopic (exact) mass is 262 g/mol. The number of carbonyl (C=O) groups excluding carboxylic acids is 1. The molecular weight excluding hydrogens is 244 g/mol. The largest absolute Gasteiger partial charge is 0.478 e. The Morgan fingerprint density at radius 1 is 1.47 bits per heavy atom. The molecule has 1 aromatic carbocycles. The van der Waals surface area contributed by atoms with Crippen molar-refractivity contribution in [1.29, 1.82) is 0 Å². The van der Waals surface area contributed by atoms with Gasteiger partial charge in [-0.15, -0.1) is 6.58 Å². The number of carboxylic acids is 1. The Labute approximate surface area is 112 Å². The van der Waals surface area contributed by atoms with Crippen LogP contribution in [-0.2, 0) is 0 Å². The second-order valence-corrected chi connectivity index (χ2v) is 4.36. The Morgan fingerprint density at radius 2 is 2.16 bits per heavy atom. The fourth-order valence-corrected chi connectivity index (χ4v) is 1.63. The van der Waals surface area contributed by atoms with Crippen molar-refractivity contribution < 1.29 is 14.7 Å². The van der Waals surface area contributed by atoms with E-state index in [1.807, 2.05) is 6.92 Å². The maximum absolute atomic E-state index is 11.7. The van der Waals surface area contributed by atoms with Gasteiger partial charge in [-0.3, -0.25) is 0 Å². The summed E-state index contributed by atoms with van der Waals surface area (Å²) in [6, 6.07) is 4.37. The number of rotatable bonds is 5. The molecule has 0 saturated heterocycles. The molecule has 0 aliphatic carbocycles. The van der Waals surface area contributed by atoms with E-state index in [9.17, 15) is 9.59 Å². The average Bonchev–Trinajstić information content (AvgIpc) is 2.31. The highest BCUT2D eigenvalue weighted by Crippen LogP contribution is 2.15. The van der Waals surface area contributed by atoms with Gasteiger partial charge in [0.05, 0.1) is 5.56 Å². The molecule has 19 heavy (non-hydrogen) atoms. The van der Waals surface area contributed by atoms with Gasteiger partial charge in [-0.05, 0) is 38.0 Å². The van der Waals surface area contributed by atoms with Crippen LogP contribution in [-0.4, -0.2) is 23.1 Å². The zero-order valence-electron chi connectivity index (χ0n) is 11.1. The smallest absolute Gasteiger partial charge is 0.336 e. The van der Waals surface area contributed by atoms with Gasteiger partial charge in [0.15, 0.2) is 0 Å². The molecule has 102 valence electrons. The van der Waals surface area contributed by atoms with E-state index in [1.165, 1.54) is 6.07 Å². The van der Waals surface area contributed by atoms with Crippen molar-refractivity contribution in [2.75, 3.05) is 5.32 Å². The van der Waals surface area contributed by atoms with Crippen molar-refractivity contribution in [3.8, 4) is 0 Å². The number of aryl methyl sites for hydroxylation is 1. The molecule has 0 saturated carbocycles. The molecule has 0 radical (unpaired) electrons. The van der Waals surface area contributed by atoms with E-state index in [-0.39, 0.29) is 17.6 Å². The molecule has 3 N–H and O–H groups in total. The third kappa shape index (κ3) is 4.46. The Bertz CT molecular complexity index is 497. The van der Waals surface area contributed by atoms with Gasteiger partial charge in [0.2, 0.25) is 0 Å². The van der Waals surface area contributed by atoms with Gasteiger partial charge in [0, 0.05) is 11.7 Å². The van der Waals surface area contributed by atoms with Gasteiger partial charge in [-0.1, -0.05) is 12.1 Å². The van der Waals surface area contributed by atoms with Crippen LogP contribution in [0.1, 0.15) is 29.3 Å². The van der Waals surface area contributed by atoms with Crippen molar-refractivity contribution in [2.45, 2.75) is 26.3 Å². The summed E-state index contributed by atoms with van der Waals surface area (Å²) in [4.78, 5) is 22.6. The number of hydrogen-bond donors (Lipinski definition) is 3. The van der Waals surface area contributed by atoms with Crippen LogP contribution in [0.15, 0.2) is 30.9 Å². The summed E-state index contributed by atoms with van der Waals surface area (Å²) in [7, 11) is 0. The summed E-state index contributed by atoms with van der Waals surface area (Å²) in [5.41, 5.74) is 1.28. The van der Waals surface area contributed by atoms with E-state index in [2.05, 4.69) is 17.2 Å². The average molecular weight is 262 g/mol. The maximum Gasteiger partial charge on any atom is 0.336 e. The molecule has 1 rings (SSSR count). The molecule has 0 bridgehead atoms.